The highest BCUT2D eigenvalue weighted by Gasteiger charge is 2.14. The van der Waals surface area contributed by atoms with Crippen LogP contribution in [0.1, 0.15) is 0 Å². The Morgan fingerprint density at radius 2 is 1.88 bits per heavy atom. The quantitative estimate of drug-likeness (QED) is 0.760. The van der Waals surface area contributed by atoms with Gasteiger partial charge in [0.15, 0.2) is 5.82 Å². The molecule has 4 rings (SSSR count). The largest absolute Gasteiger partial charge is 0.378 e. The number of nitrogens with zero attached hydrogens (tertiary/aromatic N) is 4. The van der Waals surface area contributed by atoms with Gasteiger partial charge in [0.25, 0.3) is 0 Å². The Kier molecular flexibility index (Phi) is 4.26. The van der Waals surface area contributed by atoms with Crippen LogP contribution in [-0.4, -0.2) is 46.5 Å². The van der Waals surface area contributed by atoms with Crippen molar-refractivity contribution in [3.63, 3.8) is 0 Å². The molecule has 1 aliphatic heterocycles. The van der Waals surface area contributed by atoms with Gasteiger partial charge < -0.3 is 15.0 Å². The third kappa shape index (κ3) is 3.58. The van der Waals surface area contributed by atoms with E-state index in [-0.39, 0.29) is 5.82 Å². The second-order valence-electron chi connectivity index (χ2n) is 5.64. The molecule has 1 aliphatic rings. The second-order valence-corrected chi connectivity index (χ2v) is 5.64. The minimum absolute atomic E-state index is 0.266. The molecule has 1 saturated heterocycles. The van der Waals surface area contributed by atoms with Crippen molar-refractivity contribution < 1.29 is 9.13 Å². The van der Waals surface area contributed by atoms with E-state index in [9.17, 15) is 4.39 Å². The lowest BCUT2D eigenvalue weighted by atomic mass is 10.1. The monoisotopic (exact) mass is 340 g/mol. The third-order valence-electron chi connectivity index (χ3n) is 3.93. The topological polar surface area (TPSA) is 79.0 Å². The number of aromatic nitrogens is 4. The summed E-state index contributed by atoms with van der Waals surface area (Å²) in [5.74, 6) is 1.69. The molecule has 2 N–H and O–H groups in total. The molecule has 3 aromatic rings. The van der Waals surface area contributed by atoms with E-state index in [2.05, 4.69) is 30.4 Å². The van der Waals surface area contributed by atoms with E-state index in [1.807, 2.05) is 6.07 Å². The number of morpholine rings is 1. The summed E-state index contributed by atoms with van der Waals surface area (Å²) in [7, 11) is 0. The van der Waals surface area contributed by atoms with Crippen LogP contribution in [0.4, 0.5) is 22.0 Å². The van der Waals surface area contributed by atoms with Gasteiger partial charge in [0, 0.05) is 25.4 Å². The number of aromatic amines is 1. The summed E-state index contributed by atoms with van der Waals surface area (Å²) in [5.41, 5.74) is 1.66. The number of hydrogen-bond acceptors (Lipinski definition) is 6. The first-order chi connectivity index (χ1) is 12.3. The molecular weight excluding hydrogens is 323 g/mol. The predicted octanol–water partition coefficient (Wildman–Crippen LogP) is 2.59. The summed E-state index contributed by atoms with van der Waals surface area (Å²) >= 11 is 0. The maximum atomic E-state index is 13.0. The van der Waals surface area contributed by atoms with E-state index in [0.717, 1.165) is 24.3 Å². The lowest BCUT2D eigenvalue weighted by Crippen LogP contribution is -2.37. The van der Waals surface area contributed by atoms with Crippen LogP contribution in [0.5, 0.6) is 0 Å². The molecule has 0 spiro atoms. The molecule has 1 fully saturated rings. The summed E-state index contributed by atoms with van der Waals surface area (Å²) < 4.78 is 18.4. The number of hydrogen-bond donors (Lipinski definition) is 2. The van der Waals surface area contributed by atoms with E-state index >= 15 is 0 Å². The number of benzene rings is 1. The maximum Gasteiger partial charge on any atom is 0.227 e. The lowest BCUT2D eigenvalue weighted by Gasteiger charge is -2.26. The molecule has 0 aliphatic carbocycles. The van der Waals surface area contributed by atoms with Gasteiger partial charge in [0.2, 0.25) is 5.95 Å². The predicted molar refractivity (Wildman–Crippen MR) is 92.3 cm³/mol. The van der Waals surface area contributed by atoms with Crippen LogP contribution in [0.2, 0.25) is 0 Å². The number of nitrogens with one attached hydrogen (secondary N) is 2. The van der Waals surface area contributed by atoms with Crippen molar-refractivity contribution in [1.82, 2.24) is 20.2 Å². The van der Waals surface area contributed by atoms with E-state index in [1.165, 1.54) is 12.1 Å². The van der Waals surface area contributed by atoms with Crippen LogP contribution in [0, 0.1) is 5.82 Å². The van der Waals surface area contributed by atoms with Crippen LogP contribution in [-0.2, 0) is 4.74 Å². The van der Waals surface area contributed by atoms with Crippen LogP contribution < -0.4 is 10.2 Å². The van der Waals surface area contributed by atoms with E-state index in [0.29, 0.717) is 30.8 Å². The Bertz CT molecular complexity index is 844. The van der Waals surface area contributed by atoms with Crippen LogP contribution in [0.3, 0.4) is 0 Å². The van der Waals surface area contributed by atoms with Crippen LogP contribution in [0.15, 0.2) is 42.6 Å². The van der Waals surface area contributed by atoms with Crippen LogP contribution in [0.25, 0.3) is 11.3 Å². The zero-order valence-corrected chi connectivity index (χ0v) is 13.4. The van der Waals surface area contributed by atoms with Gasteiger partial charge in [0.1, 0.15) is 11.6 Å². The molecule has 8 heteroatoms. The van der Waals surface area contributed by atoms with E-state index < -0.39 is 0 Å². The van der Waals surface area contributed by atoms with Crippen molar-refractivity contribution in [2.24, 2.45) is 0 Å². The van der Waals surface area contributed by atoms with Crippen molar-refractivity contribution in [3.05, 3.63) is 48.4 Å². The Labute approximate surface area is 143 Å². The normalized spacial score (nSPS) is 14.5. The SMILES string of the molecule is Fc1ccc(-c2cc(Nc3ccnc(N4CCOCC4)n3)n[nH]2)cc1. The fourth-order valence-electron chi connectivity index (χ4n) is 2.63. The molecule has 25 heavy (non-hydrogen) atoms. The summed E-state index contributed by atoms with van der Waals surface area (Å²) in [6.07, 6.45) is 1.72. The van der Waals surface area contributed by atoms with Crippen molar-refractivity contribution >= 4 is 17.6 Å². The summed E-state index contributed by atoms with van der Waals surface area (Å²) in [6, 6.07) is 9.88. The van der Waals surface area contributed by atoms with Gasteiger partial charge in [-0.25, -0.2) is 9.37 Å². The molecule has 0 amide bonds. The molecule has 0 unspecified atom stereocenters. The number of anilines is 3. The molecule has 1 aromatic carbocycles. The number of halogens is 1. The first-order valence-corrected chi connectivity index (χ1v) is 8.02. The molecule has 0 saturated carbocycles. The van der Waals surface area contributed by atoms with Gasteiger partial charge in [-0.05, 0) is 35.9 Å². The average molecular weight is 340 g/mol. The first-order valence-electron chi connectivity index (χ1n) is 8.02. The van der Waals surface area contributed by atoms with Crippen molar-refractivity contribution in [2.75, 3.05) is 36.5 Å². The maximum absolute atomic E-state index is 13.0. The molecular formula is C17H17FN6O. The van der Waals surface area contributed by atoms with Crippen LogP contribution >= 0.6 is 0 Å². The van der Waals surface area contributed by atoms with Gasteiger partial charge in [-0.1, -0.05) is 0 Å². The smallest absolute Gasteiger partial charge is 0.227 e. The Balaban J connectivity index is 1.50. The Morgan fingerprint density at radius 1 is 1.08 bits per heavy atom. The van der Waals surface area contributed by atoms with Gasteiger partial charge in [-0.3, -0.25) is 5.10 Å². The standard InChI is InChI=1S/C17H17FN6O/c18-13-3-1-12(2-4-13)14-11-16(23-22-14)20-15-5-6-19-17(21-15)24-7-9-25-10-8-24/h1-6,11H,7-10H2,(H2,19,20,21,22,23). The summed E-state index contributed by atoms with van der Waals surface area (Å²) in [4.78, 5) is 10.9. The molecule has 7 nitrogen and oxygen atoms in total. The van der Waals surface area contributed by atoms with Gasteiger partial charge >= 0.3 is 0 Å². The minimum atomic E-state index is -0.266. The van der Waals surface area contributed by atoms with Gasteiger partial charge in [-0.15, -0.1) is 0 Å². The zero-order chi connectivity index (χ0) is 17.1. The van der Waals surface area contributed by atoms with Crippen molar-refractivity contribution in [1.29, 1.82) is 0 Å². The van der Waals surface area contributed by atoms with Gasteiger partial charge in [-0.2, -0.15) is 10.1 Å². The Morgan fingerprint density at radius 3 is 2.68 bits per heavy atom. The lowest BCUT2D eigenvalue weighted by molar-refractivity contribution is 0.122. The van der Waals surface area contributed by atoms with Crippen molar-refractivity contribution in [3.8, 4) is 11.3 Å². The fourth-order valence-corrected chi connectivity index (χ4v) is 2.63. The summed E-state index contributed by atoms with van der Waals surface area (Å²) in [6.45, 7) is 2.92. The Hall–Kier alpha value is -3.00. The summed E-state index contributed by atoms with van der Waals surface area (Å²) in [5, 5.41) is 10.3. The minimum Gasteiger partial charge on any atom is -0.378 e. The molecule has 128 valence electrons. The van der Waals surface area contributed by atoms with Crippen molar-refractivity contribution in [2.45, 2.75) is 0 Å². The number of rotatable bonds is 4. The van der Waals surface area contributed by atoms with Gasteiger partial charge in [0.05, 0.1) is 18.9 Å². The highest BCUT2D eigenvalue weighted by atomic mass is 19.1. The molecule has 2 aromatic heterocycles. The average Bonchev–Trinajstić information content (AvgIpc) is 3.12. The number of ether oxygens (including phenoxy) is 1. The molecule has 0 bridgehead atoms. The highest BCUT2D eigenvalue weighted by Crippen LogP contribution is 2.22. The highest BCUT2D eigenvalue weighted by molar-refractivity contribution is 5.65. The zero-order valence-electron chi connectivity index (χ0n) is 13.4. The molecule has 0 atom stereocenters. The van der Waals surface area contributed by atoms with E-state index in [4.69, 9.17) is 4.74 Å². The van der Waals surface area contributed by atoms with E-state index in [1.54, 1.807) is 24.4 Å². The third-order valence-corrected chi connectivity index (χ3v) is 3.93. The second kappa shape index (κ2) is 6.86. The first kappa shape index (κ1) is 15.5. The number of H-pyrrole nitrogens is 1. The fraction of sp³-hybridized carbons (Fsp3) is 0.235. The molecule has 3 heterocycles. The molecule has 0 radical (unpaired) electrons.